The highest BCUT2D eigenvalue weighted by molar-refractivity contribution is 5.94. The summed E-state index contributed by atoms with van der Waals surface area (Å²) >= 11 is 0. The Balaban J connectivity index is 1.62. The predicted octanol–water partition coefficient (Wildman–Crippen LogP) is 2.59. The molecule has 1 amide bonds. The fraction of sp³-hybridized carbons (Fsp3) is 0.222. The Morgan fingerprint density at radius 3 is 2.70 bits per heavy atom. The van der Waals surface area contributed by atoms with Crippen LogP contribution in [-0.2, 0) is 22.4 Å². The fourth-order valence-corrected chi connectivity index (χ4v) is 2.55. The molecule has 2 aromatic rings. The monoisotopic (exact) mass is 311 g/mol. The van der Waals surface area contributed by atoms with E-state index in [1.54, 1.807) is 24.3 Å². The Kier molecular flexibility index (Phi) is 4.28. The summed E-state index contributed by atoms with van der Waals surface area (Å²) in [5, 5.41) is 2.82. The van der Waals surface area contributed by atoms with Crippen LogP contribution in [0.3, 0.4) is 0 Å². The quantitative estimate of drug-likeness (QED) is 0.882. The minimum atomic E-state index is -0.400. The van der Waals surface area contributed by atoms with Gasteiger partial charge in [0.1, 0.15) is 5.75 Å². The molecule has 118 valence electrons. The van der Waals surface area contributed by atoms with Gasteiger partial charge in [0.2, 0.25) is 5.91 Å². The molecule has 0 fully saturated rings. The average Bonchev–Trinajstić information content (AvgIpc) is 3.02. The van der Waals surface area contributed by atoms with E-state index in [1.165, 1.54) is 7.11 Å². The third-order valence-electron chi connectivity index (χ3n) is 3.71. The number of rotatable bonds is 4. The van der Waals surface area contributed by atoms with Gasteiger partial charge in [-0.1, -0.05) is 12.1 Å². The van der Waals surface area contributed by atoms with E-state index in [1.807, 2.05) is 18.2 Å². The zero-order valence-electron chi connectivity index (χ0n) is 12.8. The van der Waals surface area contributed by atoms with Crippen LogP contribution in [0.15, 0.2) is 42.5 Å². The van der Waals surface area contributed by atoms with E-state index in [9.17, 15) is 9.59 Å². The molecule has 0 bridgehead atoms. The van der Waals surface area contributed by atoms with Crippen molar-refractivity contribution in [3.05, 3.63) is 59.2 Å². The van der Waals surface area contributed by atoms with E-state index in [0.29, 0.717) is 24.3 Å². The second kappa shape index (κ2) is 6.52. The lowest BCUT2D eigenvalue weighted by Crippen LogP contribution is -2.14. The average molecular weight is 311 g/mol. The number of esters is 1. The normalized spacial score (nSPS) is 12.2. The molecule has 5 heteroatoms. The van der Waals surface area contributed by atoms with Gasteiger partial charge in [-0.2, -0.15) is 0 Å². The SMILES string of the molecule is COC(=O)c1ccc(NC(=O)Cc2ccc3c(c2)CCO3)cc1. The van der Waals surface area contributed by atoms with Crippen LogP contribution in [0.25, 0.3) is 0 Å². The molecule has 1 aliphatic rings. The molecule has 5 nitrogen and oxygen atoms in total. The number of ether oxygens (including phenoxy) is 2. The molecule has 0 radical (unpaired) electrons. The molecule has 1 N–H and O–H groups in total. The number of hydrogen-bond donors (Lipinski definition) is 1. The first-order chi connectivity index (χ1) is 11.2. The predicted molar refractivity (Wildman–Crippen MR) is 85.8 cm³/mol. The van der Waals surface area contributed by atoms with Crippen LogP contribution in [0.5, 0.6) is 5.75 Å². The van der Waals surface area contributed by atoms with Gasteiger partial charge in [0, 0.05) is 12.1 Å². The molecule has 23 heavy (non-hydrogen) atoms. The van der Waals surface area contributed by atoms with Crippen molar-refractivity contribution in [2.75, 3.05) is 19.0 Å². The van der Waals surface area contributed by atoms with E-state index in [4.69, 9.17) is 4.74 Å². The first-order valence-electron chi connectivity index (χ1n) is 7.38. The zero-order chi connectivity index (χ0) is 16.2. The molecule has 1 heterocycles. The molecule has 0 unspecified atom stereocenters. The number of amides is 1. The summed E-state index contributed by atoms with van der Waals surface area (Å²) in [4.78, 5) is 23.5. The van der Waals surface area contributed by atoms with Crippen molar-refractivity contribution in [1.82, 2.24) is 0 Å². The molecule has 0 aromatic heterocycles. The smallest absolute Gasteiger partial charge is 0.337 e. The molecule has 0 aliphatic carbocycles. The van der Waals surface area contributed by atoms with Gasteiger partial charge in [-0.15, -0.1) is 0 Å². The Bertz CT molecular complexity index is 737. The second-order valence-electron chi connectivity index (χ2n) is 5.33. The number of benzene rings is 2. The van der Waals surface area contributed by atoms with Crippen molar-refractivity contribution in [1.29, 1.82) is 0 Å². The largest absolute Gasteiger partial charge is 0.493 e. The summed E-state index contributed by atoms with van der Waals surface area (Å²) in [5.74, 6) is 0.408. The van der Waals surface area contributed by atoms with Crippen LogP contribution in [0, 0.1) is 0 Å². The number of nitrogens with one attached hydrogen (secondary N) is 1. The van der Waals surface area contributed by atoms with E-state index in [2.05, 4.69) is 10.1 Å². The van der Waals surface area contributed by atoms with Gasteiger partial charge in [-0.25, -0.2) is 4.79 Å². The van der Waals surface area contributed by atoms with Gasteiger partial charge < -0.3 is 14.8 Å². The summed E-state index contributed by atoms with van der Waals surface area (Å²) in [7, 11) is 1.33. The lowest BCUT2D eigenvalue weighted by molar-refractivity contribution is -0.115. The summed E-state index contributed by atoms with van der Waals surface area (Å²) in [5.41, 5.74) is 3.20. The first kappa shape index (κ1) is 15.1. The van der Waals surface area contributed by atoms with Crippen molar-refractivity contribution in [3.63, 3.8) is 0 Å². The molecular formula is C18H17NO4. The van der Waals surface area contributed by atoms with Crippen molar-refractivity contribution in [2.45, 2.75) is 12.8 Å². The van der Waals surface area contributed by atoms with Crippen LogP contribution in [0.4, 0.5) is 5.69 Å². The number of methoxy groups -OCH3 is 1. The van der Waals surface area contributed by atoms with Gasteiger partial charge in [0.15, 0.2) is 0 Å². The van der Waals surface area contributed by atoms with Gasteiger partial charge in [0.25, 0.3) is 0 Å². The number of fused-ring (bicyclic) bond motifs is 1. The van der Waals surface area contributed by atoms with Gasteiger partial charge >= 0.3 is 5.97 Å². The maximum absolute atomic E-state index is 12.1. The molecule has 2 aromatic carbocycles. The summed E-state index contributed by atoms with van der Waals surface area (Å²) in [6, 6.07) is 12.4. The van der Waals surface area contributed by atoms with Crippen LogP contribution in [0.2, 0.25) is 0 Å². The number of hydrogen-bond acceptors (Lipinski definition) is 4. The Labute approximate surface area is 134 Å². The van der Waals surface area contributed by atoms with Crippen molar-refractivity contribution < 1.29 is 19.1 Å². The lowest BCUT2D eigenvalue weighted by Gasteiger charge is -2.07. The standard InChI is InChI=1S/C18H17NO4/c1-22-18(21)13-3-5-15(6-4-13)19-17(20)11-12-2-7-16-14(10-12)8-9-23-16/h2-7,10H,8-9,11H2,1H3,(H,19,20). The maximum atomic E-state index is 12.1. The molecule has 0 saturated carbocycles. The number of carbonyl (C=O) groups excluding carboxylic acids is 2. The fourth-order valence-electron chi connectivity index (χ4n) is 2.55. The van der Waals surface area contributed by atoms with Crippen molar-refractivity contribution in [2.24, 2.45) is 0 Å². The molecule has 0 saturated heterocycles. The Morgan fingerprint density at radius 2 is 1.96 bits per heavy atom. The first-order valence-corrected chi connectivity index (χ1v) is 7.38. The minimum absolute atomic E-state index is 0.102. The van der Waals surface area contributed by atoms with Crippen molar-refractivity contribution >= 4 is 17.6 Å². The molecule has 1 aliphatic heterocycles. The summed E-state index contributed by atoms with van der Waals surface area (Å²) < 4.78 is 10.1. The summed E-state index contributed by atoms with van der Waals surface area (Å²) in [6.07, 6.45) is 1.19. The minimum Gasteiger partial charge on any atom is -0.493 e. The topological polar surface area (TPSA) is 64.6 Å². The van der Waals surface area contributed by atoms with Gasteiger partial charge in [-0.05, 0) is 41.5 Å². The molecular weight excluding hydrogens is 294 g/mol. The maximum Gasteiger partial charge on any atom is 0.337 e. The lowest BCUT2D eigenvalue weighted by atomic mass is 10.1. The van der Waals surface area contributed by atoms with Gasteiger partial charge in [0.05, 0.1) is 25.7 Å². The van der Waals surface area contributed by atoms with Crippen LogP contribution < -0.4 is 10.1 Å². The van der Waals surface area contributed by atoms with Crippen LogP contribution in [-0.4, -0.2) is 25.6 Å². The van der Waals surface area contributed by atoms with Crippen LogP contribution in [0.1, 0.15) is 21.5 Å². The number of anilines is 1. The zero-order valence-corrected chi connectivity index (χ0v) is 12.8. The van der Waals surface area contributed by atoms with Gasteiger partial charge in [-0.3, -0.25) is 4.79 Å². The second-order valence-corrected chi connectivity index (χ2v) is 5.33. The highest BCUT2D eigenvalue weighted by atomic mass is 16.5. The third kappa shape index (κ3) is 3.51. The van der Waals surface area contributed by atoms with E-state index in [-0.39, 0.29) is 5.91 Å². The third-order valence-corrected chi connectivity index (χ3v) is 3.71. The van der Waals surface area contributed by atoms with E-state index >= 15 is 0 Å². The highest BCUT2D eigenvalue weighted by Gasteiger charge is 2.13. The Morgan fingerprint density at radius 1 is 1.17 bits per heavy atom. The van der Waals surface area contributed by atoms with Crippen molar-refractivity contribution in [3.8, 4) is 5.75 Å². The molecule has 3 rings (SSSR count). The number of carbonyl (C=O) groups is 2. The molecule has 0 atom stereocenters. The van der Waals surface area contributed by atoms with Crippen LogP contribution >= 0.6 is 0 Å². The van der Waals surface area contributed by atoms with E-state index < -0.39 is 5.97 Å². The Hall–Kier alpha value is -2.82. The highest BCUT2D eigenvalue weighted by Crippen LogP contribution is 2.26. The van der Waals surface area contributed by atoms with E-state index in [0.717, 1.165) is 23.3 Å². The molecule has 0 spiro atoms. The summed E-state index contributed by atoms with van der Waals surface area (Å²) in [6.45, 7) is 0.706.